The van der Waals surface area contributed by atoms with Crippen molar-refractivity contribution in [3.8, 4) is 0 Å². The monoisotopic (exact) mass is 257 g/mol. The Balaban J connectivity index is 2.11. The number of hydrogen-bond acceptors (Lipinski definition) is 4. The fourth-order valence-electron chi connectivity index (χ4n) is 1.57. The molecule has 1 aromatic carbocycles. The van der Waals surface area contributed by atoms with Crippen molar-refractivity contribution in [3.05, 3.63) is 41.3 Å². The highest BCUT2D eigenvalue weighted by molar-refractivity contribution is 5.88. The summed E-state index contributed by atoms with van der Waals surface area (Å²) in [5.74, 6) is 0.523. The van der Waals surface area contributed by atoms with Crippen molar-refractivity contribution in [2.45, 2.75) is 13.8 Å². The smallest absolute Gasteiger partial charge is 0.221 e. The van der Waals surface area contributed by atoms with Crippen molar-refractivity contribution in [1.29, 1.82) is 0 Å². The fourth-order valence-corrected chi connectivity index (χ4v) is 1.57. The maximum atomic E-state index is 10.9. The molecule has 0 bridgehead atoms. The second kappa shape index (κ2) is 5.39. The largest absolute Gasteiger partial charge is 0.394 e. The van der Waals surface area contributed by atoms with Gasteiger partial charge in [0.25, 0.3) is 0 Å². The summed E-state index contributed by atoms with van der Waals surface area (Å²) >= 11 is 0. The summed E-state index contributed by atoms with van der Waals surface area (Å²) in [4.78, 5) is 10.9. The number of amides is 1. The molecule has 0 aliphatic carbocycles. The Kier molecular flexibility index (Phi) is 3.66. The van der Waals surface area contributed by atoms with Gasteiger partial charge in [0.2, 0.25) is 5.91 Å². The minimum absolute atomic E-state index is 0.0888. The van der Waals surface area contributed by atoms with Crippen LogP contribution in [0.25, 0.3) is 12.2 Å². The number of nitrogens with one attached hydrogen (secondary N) is 1. The Morgan fingerprint density at radius 3 is 2.53 bits per heavy atom. The van der Waals surface area contributed by atoms with Crippen LogP contribution in [0.2, 0.25) is 0 Å². The van der Waals surface area contributed by atoms with Crippen LogP contribution < -0.4 is 11.1 Å². The lowest BCUT2D eigenvalue weighted by Gasteiger charge is -2.01. The number of nitrogen functional groups attached to an aromatic ring is 1. The number of nitrogens with two attached hydrogens (primary N) is 1. The van der Waals surface area contributed by atoms with E-state index in [1.807, 2.05) is 30.3 Å². The van der Waals surface area contributed by atoms with Crippen molar-refractivity contribution < 1.29 is 9.32 Å². The van der Waals surface area contributed by atoms with Gasteiger partial charge in [0.1, 0.15) is 11.4 Å². The number of hydrogen-bond donors (Lipinski definition) is 2. The molecule has 0 fully saturated rings. The van der Waals surface area contributed by atoms with Crippen molar-refractivity contribution in [2.75, 3.05) is 11.1 Å². The molecule has 0 aliphatic heterocycles. The molecule has 0 saturated carbocycles. The normalized spacial score (nSPS) is 10.8. The number of nitrogens with zero attached hydrogens (tertiary/aromatic N) is 1. The molecule has 5 nitrogen and oxygen atoms in total. The zero-order valence-corrected chi connectivity index (χ0v) is 10.8. The second-order valence-corrected chi connectivity index (χ2v) is 4.17. The third-order valence-corrected chi connectivity index (χ3v) is 2.60. The summed E-state index contributed by atoms with van der Waals surface area (Å²) in [6.07, 6.45) is 3.67. The fraction of sp³-hybridized carbons (Fsp3) is 0.143. The van der Waals surface area contributed by atoms with Gasteiger partial charge in [-0.15, -0.1) is 0 Å². The van der Waals surface area contributed by atoms with Crippen molar-refractivity contribution >= 4 is 29.4 Å². The van der Waals surface area contributed by atoms with Gasteiger partial charge < -0.3 is 15.6 Å². The van der Waals surface area contributed by atoms with Crippen LogP contribution in [0.4, 0.5) is 11.4 Å². The first-order valence-electron chi connectivity index (χ1n) is 5.84. The summed E-state index contributed by atoms with van der Waals surface area (Å²) in [5, 5.41) is 6.55. The Hall–Kier alpha value is -2.56. The summed E-state index contributed by atoms with van der Waals surface area (Å²) in [6.45, 7) is 3.24. The van der Waals surface area contributed by atoms with Crippen LogP contribution in [0.1, 0.15) is 23.9 Å². The van der Waals surface area contributed by atoms with Crippen LogP contribution in [0.15, 0.2) is 28.8 Å². The first kappa shape index (κ1) is 12.9. The van der Waals surface area contributed by atoms with E-state index < -0.39 is 0 Å². The first-order chi connectivity index (χ1) is 9.06. The van der Waals surface area contributed by atoms with E-state index in [1.165, 1.54) is 6.92 Å². The molecule has 0 unspecified atom stereocenters. The third-order valence-electron chi connectivity index (χ3n) is 2.60. The molecule has 19 heavy (non-hydrogen) atoms. The minimum atomic E-state index is -0.0888. The number of aryl methyl sites for hydroxylation is 1. The molecular formula is C14H15N3O2. The van der Waals surface area contributed by atoms with E-state index >= 15 is 0 Å². The molecule has 2 aromatic rings. The molecule has 0 aliphatic rings. The maximum Gasteiger partial charge on any atom is 0.221 e. The Morgan fingerprint density at radius 2 is 2.00 bits per heavy atom. The second-order valence-electron chi connectivity index (χ2n) is 4.17. The number of carbonyl (C=O) groups excluding carboxylic acids is 1. The Morgan fingerprint density at radius 1 is 1.32 bits per heavy atom. The predicted molar refractivity (Wildman–Crippen MR) is 75.3 cm³/mol. The van der Waals surface area contributed by atoms with E-state index in [4.69, 9.17) is 10.3 Å². The third kappa shape index (κ3) is 3.22. The number of benzene rings is 1. The molecule has 1 aromatic heterocycles. The zero-order valence-electron chi connectivity index (χ0n) is 10.8. The van der Waals surface area contributed by atoms with Gasteiger partial charge in [0, 0.05) is 12.6 Å². The van der Waals surface area contributed by atoms with Crippen LogP contribution in [0.5, 0.6) is 0 Å². The van der Waals surface area contributed by atoms with Gasteiger partial charge in [-0.05, 0) is 30.7 Å². The highest BCUT2D eigenvalue weighted by atomic mass is 16.5. The molecular weight excluding hydrogens is 242 g/mol. The Labute approximate surface area is 111 Å². The topological polar surface area (TPSA) is 81.2 Å². The van der Waals surface area contributed by atoms with Gasteiger partial charge in [-0.2, -0.15) is 0 Å². The van der Waals surface area contributed by atoms with Crippen LogP contribution in [-0.2, 0) is 4.79 Å². The Bertz CT molecular complexity index is 612. The summed E-state index contributed by atoms with van der Waals surface area (Å²) in [5.41, 5.74) is 8.70. The molecule has 3 N–H and O–H groups in total. The SMILES string of the molecule is CC(=O)Nc1ccc(/C=C/c2noc(C)c2N)cc1. The standard InChI is InChI=1S/C14H15N3O2/c1-9-14(15)13(17-19-9)8-5-11-3-6-12(7-4-11)16-10(2)18/h3-8H,15H2,1-2H3,(H,16,18)/b8-5+. The van der Waals surface area contributed by atoms with Crippen LogP contribution in [0.3, 0.4) is 0 Å². The van der Waals surface area contributed by atoms with Gasteiger partial charge in [-0.25, -0.2) is 0 Å². The molecule has 2 rings (SSSR count). The van der Waals surface area contributed by atoms with Crippen LogP contribution in [-0.4, -0.2) is 11.1 Å². The summed E-state index contributed by atoms with van der Waals surface area (Å²) in [6, 6.07) is 7.45. The van der Waals surface area contributed by atoms with E-state index in [2.05, 4.69) is 10.5 Å². The van der Waals surface area contributed by atoms with Gasteiger partial charge in [-0.1, -0.05) is 23.4 Å². The summed E-state index contributed by atoms with van der Waals surface area (Å²) in [7, 11) is 0. The van der Waals surface area contributed by atoms with E-state index in [0.717, 1.165) is 11.3 Å². The van der Waals surface area contributed by atoms with Gasteiger partial charge in [0.05, 0.1) is 0 Å². The van der Waals surface area contributed by atoms with Gasteiger partial charge in [0.15, 0.2) is 5.76 Å². The quantitative estimate of drug-likeness (QED) is 0.885. The number of aromatic nitrogens is 1. The number of rotatable bonds is 3. The maximum absolute atomic E-state index is 10.9. The van der Waals surface area contributed by atoms with Crippen molar-refractivity contribution in [1.82, 2.24) is 5.16 Å². The number of carbonyl (C=O) groups is 1. The molecule has 1 heterocycles. The predicted octanol–water partition coefficient (Wildman–Crippen LogP) is 2.69. The molecule has 5 heteroatoms. The first-order valence-corrected chi connectivity index (χ1v) is 5.84. The highest BCUT2D eigenvalue weighted by Crippen LogP contribution is 2.18. The van der Waals surface area contributed by atoms with E-state index in [-0.39, 0.29) is 5.91 Å². The molecule has 1 amide bonds. The molecule has 0 atom stereocenters. The zero-order chi connectivity index (χ0) is 13.8. The van der Waals surface area contributed by atoms with Crippen LogP contribution in [0, 0.1) is 6.92 Å². The summed E-state index contributed by atoms with van der Waals surface area (Å²) < 4.78 is 4.97. The average molecular weight is 257 g/mol. The van der Waals surface area contributed by atoms with Crippen molar-refractivity contribution in [2.24, 2.45) is 0 Å². The van der Waals surface area contributed by atoms with Crippen LogP contribution >= 0.6 is 0 Å². The molecule has 98 valence electrons. The highest BCUT2D eigenvalue weighted by Gasteiger charge is 2.04. The van der Waals surface area contributed by atoms with E-state index in [9.17, 15) is 4.79 Å². The lowest BCUT2D eigenvalue weighted by Crippen LogP contribution is -2.05. The lowest BCUT2D eigenvalue weighted by atomic mass is 10.1. The number of anilines is 2. The average Bonchev–Trinajstić information content (AvgIpc) is 2.69. The molecule has 0 radical (unpaired) electrons. The van der Waals surface area contributed by atoms with Gasteiger partial charge >= 0.3 is 0 Å². The van der Waals surface area contributed by atoms with Crippen molar-refractivity contribution in [3.63, 3.8) is 0 Å². The molecule has 0 saturated heterocycles. The van der Waals surface area contributed by atoms with Gasteiger partial charge in [-0.3, -0.25) is 4.79 Å². The molecule has 0 spiro atoms. The minimum Gasteiger partial charge on any atom is -0.394 e. The van der Waals surface area contributed by atoms with E-state index in [1.54, 1.807) is 13.0 Å². The lowest BCUT2D eigenvalue weighted by molar-refractivity contribution is -0.114. The van der Waals surface area contributed by atoms with E-state index in [0.29, 0.717) is 17.1 Å².